The highest BCUT2D eigenvalue weighted by Gasteiger charge is 2.32. The van der Waals surface area contributed by atoms with Crippen LogP contribution in [-0.4, -0.2) is 48.3 Å². The van der Waals surface area contributed by atoms with Gasteiger partial charge >= 0.3 is 0 Å². The van der Waals surface area contributed by atoms with Crippen LogP contribution >= 0.6 is 0 Å². The lowest BCUT2D eigenvalue weighted by Crippen LogP contribution is -2.52. The van der Waals surface area contributed by atoms with Crippen molar-refractivity contribution in [2.45, 2.75) is 45.3 Å². The van der Waals surface area contributed by atoms with Gasteiger partial charge < -0.3 is 10.0 Å². The summed E-state index contributed by atoms with van der Waals surface area (Å²) in [7, 11) is 0. The lowest BCUT2D eigenvalue weighted by Gasteiger charge is -2.40. The number of hydrogen-bond acceptors (Lipinski definition) is 3. The molecule has 0 unspecified atom stereocenters. The molecule has 1 aliphatic heterocycles. The van der Waals surface area contributed by atoms with Gasteiger partial charge in [0.2, 0.25) is 0 Å². The van der Waals surface area contributed by atoms with E-state index in [-0.39, 0.29) is 6.10 Å². The lowest BCUT2D eigenvalue weighted by molar-refractivity contribution is 0.0671. The summed E-state index contributed by atoms with van der Waals surface area (Å²) >= 11 is 0. The second-order valence-corrected chi connectivity index (χ2v) is 6.31. The molecular formula is C17H26N2O. The molecule has 0 amide bonds. The SMILES string of the molecule is Cc1cccc(N2CCN([C@@H]3CCC[C@H]3O)CC2)c1C. The quantitative estimate of drug-likeness (QED) is 0.897. The van der Waals surface area contributed by atoms with Crippen molar-refractivity contribution in [3.8, 4) is 0 Å². The van der Waals surface area contributed by atoms with Crippen molar-refractivity contribution < 1.29 is 5.11 Å². The fourth-order valence-electron chi connectivity index (χ4n) is 3.72. The van der Waals surface area contributed by atoms with Gasteiger partial charge in [-0.15, -0.1) is 0 Å². The highest BCUT2D eigenvalue weighted by molar-refractivity contribution is 5.56. The molecule has 1 aromatic rings. The maximum atomic E-state index is 10.0. The van der Waals surface area contributed by atoms with Gasteiger partial charge in [-0.05, 0) is 50.3 Å². The summed E-state index contributed by atoms with van der Waals surface area (Å²) in [5.41, 5.74) is 4.16. The van der Waals surface area contributed by atoms with E-state index in [0.29, 0.717) is 6.04 Å². The Hall–Kier alpha value is -1.06. The number of piperazine rings is 1. The average molecular weight is 274 g/mol. The minimum absolute atomic E-state index is 0.0951. The van der Waals surface area contributed by atoms with Gasteiger partial charge in [0.05, 0.1) is 6.10 Å². The normalized spacial score (nSPS) is 28.1. The van der Waals surface area contributed by atoms with Crippen molar-refractivity contribution in [3.63, 3.8) is 0 Å². The molecule has 0 radical (unpaired) electrons. The second kappa shape index (κ2) is 5.74. The molecule has 3 rings (SSSR count). The molecule has 2 fully saturated rings. The topological polar surface area (TPSA) is 26.7 Å². The minimum atomic E-state index is -0.0951. The maximum absolute atomic E-state index is 10.0. The van der Waals surface area contributed by atoms with Gasteiger partial charge in [-0.1, -0.05) is 12.1 Å². The van der Waals surface area contributed by atoms with Crippen molar-refractivity contribution in [1.29, 1.82) is 0 Å². The Morgan fingerprint density at radius 2 is 1.80 bits per heavy atom. The number of rotatable bonds is 2. The van der Waals surface area contributed by atoms with Crippen molar-refractivity contribution in [3.05, 3.63) is 29.3 Å². The fraction of sp³-hybridized carbons (Fsp3) is 0.647. The maximum Gasteiger partial charge on any atom is 0.0695 e. The van der Waals surface area contributed by atoms with E-state index in [9.17, 15) is 5.11 Å². The molecule has 3 nitrogen and oxygen atoms in total. The van der Waals surface area contributed by atoms with E-state index in [1.807, 2.05) is 0 Å². The number of aliphatic hydroxyl groups is 1. The standard InChI is InChI=1S/C17H26N2O/c1-13-5-3-6-15(14(13)2)18-9-11-19(12-10-18)16-7-4-8-17(16)20/h3,5-6,16-17,20H,4,7-12H2,1-2H3/t16-,17-/m1/s1. The predicted octanol–water partition coefficient (Wildman–Crippen LogP) is 2.34. The molecule has 0 spiro atoms. The molecule has 1 aromatic carbocycles. The Labute approximate surface area is 122 Å². The lowest BCUT2D eigenvalue weighted by atomic mass is 10.1. The van der Waals surface area contributed by atoms with Crippen molar-refractivity contribution in [2.24, 2.45) is 0 Å². The summed E-state index contributed by atoms with van der Waals surface area (Å²) in [6.45, 7) is 8.72. The van der Waals surface area contributed by atoms with Gasteiger partial charge in [0, 0.05) is 37.9 Å². The van der Waals surface area contributed by atoms with Crippen LogP contribution < -0.4 is 4.90 Å². The van der Waals surface area contributed by atoms with Gasteiger partial charge in [-0.2, -0.15) is 0 Å². The second-order valence-electron chi connectivity index (χ2n) is 6.31. The molecule has 20 heavy (non-hydrogen) atoms. The minimum Gasteiger partial charge on any atom is -0.391 e. The first-order valence-electron chi connectivity index (χ1n) is 7.90. The van der Waals surface area contributed by atoms with Crippen molar-refractivity contribution in [1.82, 2.24) is 4.90 Å². The number of nitrogens with zero attached hydrogens (tertiary/aromatic N) is 2. The summed E-state index contributed by atoms with van der Waals surface area (Å²) in [5.74, 6) is 0. The van der Waals surface area contributed by atoms with Crippen LogP contribution in [-0.2, 0) is 0 Å². The highest BCUT2D eigenvalue weighted by Crippen LogP contribution is 2.28. The number of anilines is 1. The van der Waals surface area contributed by atoms with E-state index in [0.717, 1.165) is 32.6 Å². The van der Waals surface area contributed by atoms with E-state index >= 15 is 0 Å². The smallest absolute Gasteiger partial charge is 0.0695 e. The molecule has 1 heterocycles. The zero-order valence-electron chi connectivity index (χ0n) is 12.7. The largest absolute Gasteiger partial charge is 0.391 e. The van der Waals surface area contributed by atoms with Gasteiger partial charge in [0.15, 0.2) is 0 Å². The third kappa shape index (κ3) is 2.57. The monoisotopic (exact) mass is 274 g/mol. The van der Waals surface area contributed by atoms with E-state index in [4.69, 9.17) is 0 Å². The molecule has 110 valence electrons. The zero-order chi connectivity index (χ0) is 14.1. The fourth-order valence-corrected chi connectivity index (χ4v) is 3.72. The summed E-state index contributed by atoms with van der Waals surface area (Å²) in [6, 6.07) is 6.99. The molecule has 1 aliphatic carbocycles. The van der Waals surface area contributed by atoms with E-state index in [2.05, 4.69) is 41.8 Å². The van der Waals surface area contributed by atoms with Gasteiger partial charge in [-0.3, -0.25) is 4.90 Å². The van der Waals surface area contributed by atoms with Gasteiger partial charge in [0.25, 0.3) is 0 Å². The third-order valence-corrected chi connectivity index (χ3v) is 5.14. The number of hydrogen-bond donors (Lipinski definition) is 1. The molecule has 3 heteroatoms. The van der Waals surface area contributed by atoms with Crippen LogP contribution in [0.15, 0.2) is 18.2 Å². The molecule has 0 bridgehead atoms. The molecule has 0 aromatic heterocycles. The molecule has 2 aliphatic rings. The Kier molecular flexibility index (Phi) is 3.99. The number of benzene rings is 1. The van der Waals surface area contributed by atoms with E-state index in [1.54, 1.807) is 0 Å². The molecular weight excluding hydrogens is 248 g/mol. The first kappa shape index (κ1) is 13.9. The van der Waals surface area contributed by atoms with Crippen LogP contribution in [0.5, 0.6) is 0 Å². The summed E-state index contributed by atoms with van der Waals surface area (Å²) < 4.78 is 0. The number of aryl methyl sites for hydroxylation is 1. The van der Waals surface area contributed by atoms with Crippen molar-refractivity contribution >= 4 is 5.69 Å². The molecule has 1 saturated carbocycles. The Bertz CT molecular complexity index is 466. The first-order valence-corrected chi connectivity index (χ1v) is 7.90. The van der Waals surface area contributed by atoms with E-state index in [1.165, 1.54) is 29.7 Å². The van der Waals surface area contributed by atoms with Crippen molar-refractivity contribution in [2.75, 3.05) is 31.1 Å². The van der Waals surface area contributed by atoms with Crippen LogP contribution in [0, 0.1) is 13.8 Å². The summed E-state index contributed by atoms with van der Waals surface area (Å²) in [4.78, 5) is 5.00. The Morgan fingerprint density at radius 1 is 1.05 bits per heavy atom. The summed E-state index contributed by atoms with van der Waals surface area (Å²) in [6.07, 6.45) is 3.25. The Morgan fingerprint density at radius 3 is 2.45 bits per heavy atom. The van der Waals surface area contributed by atoms with Crippen LogP contribution in [0.1, 0.15) is 30.4 Å². The number of aliphatic hydroxyl groups excluding tert-OH is 1. The van der Waals surface area contributed by atoms with Crippen LogP contribution in [0.25, 0.3) is 0 Å². The Balaban J connectivity index is 1.65. The zero-order valence-corrected chi connectivity index (χ0v) is 12.7. The highest BCUT2D eigenvalue weighted by atomic mass is 16.3. The van der Waals surface area contributed by atoms with E-state index < -0.39 is 0 Å². The predicted molar refractivity (Wildman–Crippen MR) is 83.3 cm³/mol. The van der Waals surface area contributed by atoms with Gasteiger partial charge in [0.1, 0.15) is 0 Å². The molecule has 1 saturated heterocycles. The van der Waals surface area contributed by atoms with Crippen LogP contribution in [0.4, 0.5) is 5.69 Å². The first-order chi connectivity index (χ1) is 9.66. The average Bonchev–Trinajstić information content (AvgIpc) is 2.88. The summed E-state index contributed by atoms with van der Waals surface area (Å²) in [5, 5.41) is 10.0. The molecule has 1 N–H and O–H groups in total. The van der Waals surface area contributed by atoms with Gasteiger partial charge in [-0.25, -0.2) is 0 Å². The molecule has 2 atom stereocenters. The van der Waals surface area contributed by atoms with Crippen LogP contribution in [0.3, 0.4) is 0 Å². The van der Waals surface area contributed by atoms with Crippen LogP contribution in [0.2, 0.25) is 0 Å². The third-order valence-electron chi connectivity index (χ3n) is 5.14.